The smallest absolute Gasteiger partial charge is 0.253 e. The molecule has 1 heterocycles. The van der Waals surface area contributed by atoms with Crippen LogP contribution in [-0.4, -0.2) is 11.7 Å². The van der Waals surface area contributed by atoms with Crippen LogP contribution >= 0.6 is 23.4 Å². The van der Waals surface area contributed by atoms with E-state index in [1.54, 1.807) is 0 Å². The largest absolute Gasteiger partial charge is 0.300 e. The molecule has 2 aromatic rings. The Labute approximate surface area is 175 Å². The zero-order chi connectivity index (χ0) is 20.1. The van der Waals surface area contributed by atoms with Crippen LogP contribution in [0.3, 0.4) is 0 Å². The minimum atomic E-state index is -0.846. The number of carbonyl (C=O) groups excluding carboxylic acids is 2. The van der Waals surface area contributed by atoms with Crippen molar-refractivity contribution in [3.05, 3.63) is 64.7 Å². The molecule has 146 valence electrons. The summed E-state index contributed by atoms with van der Waals surface area (Å²) in [7, 11) is 0. The minimum Gasteiger partial charge on any atom is -0.300 e. The molecule has 1 aliphatic carbocycles. The average molecular weight is 416 g/mol. The van der Waals surface area contributed by atoms with Gasteiger partial charge in [0, 0.05) is 35.6 Å². The number of hydrogen-bond acceptors (Lipinski definition) is 2. The molecule has 5 heteroatoms. The molecule has 0 aromatic heterocycles. The molecule has 0 N–H and O–H groups in total. The van der Waals surface area contributed by atoms with Crippen molar-refractivity contribution in [1.82, 2.24) is 0 Å². The van der Waals surface area contributed by atoms with E-state index in [0.29, 0.717) is 23.8 Å². The van der Waals surface area contributed by atoms with Gasteiger partial charge in [-0.15, -0.1) is 0 Å². The van der Waals surface area contributed by atoms with Gasteiger partial charge in [0.15, 0.2) is 0 Å². The van der Waals surface area contributed by atoms with Crippen molar-refractivity contribution in [2.24, 2.45) is 11.8 Å². The SMILES string of the molecule is CC(C)CC1CC(=O)CC(c2cccc(Cl)c2)C12C(=O)N(Cl)c1ccccc12. The molecule has 4 rings (SSSR count). The maximum absolute atomic E-state index is 13.8. The van der Waals surface area contributed by atoms with Crippen LogP contribution in [0.1, 0.15) is 50.2 Å². The van der Waals surface area contributed by atoms with Crippen LogP contribution in [-0.2, 0) is 15.0 Å². The normalized spacial score (nSPS) is 27.0. The van der Waals surface area contributed by atoms with Gasteiger partial charge in [0.25, 0.3) is 5.91 Å². The Bertz CT molecular complexity index is 942. The predicted molar refractivity (Wildman–Crippen MR) is 113 cm³/mol. The van der Waals surface area contributed by atoms with Gasteiger partial charge in [-0.2, -0.15) is 0 Å². The molecular formula is C23H23Cl2NO2. The highest BCUT2D eigenvalue weighted by molar-refractivity contribution is 6.40. The molecule has 2 aromatic carbocycles. The first-order valence-corrected chi connectivity index (χ1v) is 10.4. The molecular weight excluding hydrogens is 393 g/mol. The second-order valence-corrected chi connectivity index (χ2v) is 9.13. The van der Waals surface area contributed by atoms with Gasteiger partial charge in [0.05, 0.1) is 11.1 Å². The first-order valence-electron chi connectivity index (χ1n) is 9.72. The molecule has 0 radical (unpaired) electrons. The van der Waals surface area contributed by atoms with E-state index >= 15 is 0 Å². The molecule has 1 amide bonds. The van der Waals surface area contributed by atoms with Gasteiger partial charge in [0.1, 0.15) is 5.78 Å². The third-order valence-corrected chi connectivity index (χ3v) is 6.77. The lowest BCUT2D eigenvalue weighted by molar-refractivity contribution is -0.132. The number of carbonyl (C=O) groups is 2. The number of anilines is 1. The molecule has 0 saturated heterocycles. The Hall–Kier alpha value is -1.84. The summed E-state index contributed by atoms with van der Waals surface area (Å²) in [5, 5.41) is 0.604. The van der Waals surface area contributed by atoms with Gasteiger partial charge < -0.3 is 0 Å². The van der Waals surface area contributed by atoms with Crippen LogP contribution in [0.4, 0.5) is 5.69 Å². The van der Waals surface area contributed by atoms with Gasteiger partial charge in [0.2, 0.25) is 0 Å². The summed E-state index contributed by atoms with van der Waals surface area (Å²) in [6.07, 6.45) is 1.51. The molecule has 1 fully saturated rings. The molecule has 3 nitrogen and oxygen atoms in total. The number of nitrogens with zero attached hydrogens (tertiary/aromatic N) is 1. The highest BCUT2D eigenvalue weighted by Gasteiger charge is 2.62. The summed E-state index contributed by atoms with van der Waals surface area (Å²) in [4.78, 5) is 26.5. The lowest BCUT2D eigenvalue weighted by atomic mass is 9.54. The molecule has 3 atom stereocenters. The van der Waals surface area contributed by atoms with Crippen LogP contribution in [0.5, 0.6) is 0 Å². The highest BCUT2D eigenvalue weighted by Crippen LogP contribution is 2.60. The lowest BCUT2D eigenvalue weighted by Crippen LogP contribution is -2.52. The van der Waals surface area contributed by atoms with Crippen molar-refractivity contribution in [3.63, 3.8) is 0 Å². The number of Topliss-reactive ketones (excluding diaryl/α,β-unsaturated/α-hetero) is 1. The fraction of sp³-hybridized carbons (Fsp3) is 0.391. The number of ketones is 1. The van der Waals surface area contributed by atoms with Crippen molar-refractivity contribution < 1.29 is 9.59 Å². The molecule has 1 saturated carbocycles. The Morgan fingerprint density at radius 3 is 2.57 bits per heavy atom. The van der Waals surface area contributed by atoms with Crippen molar-refractivity contribution >= 4 is 40.8 Å². The maximum atomic E-state index is 13.8. The van der Waals surface area contributed by atoms with E-state index in [9.17, 15) is 9.59 Å². The average Bonchev–Trinajstić information content (AvgIpc) is 2.87. The molecule has 28 heavy (non-hydrogen) atoms. The van der Waals surface area contributed by atoms with Gasteiger partial charge >= 0.3 is 0 Å². The first kappa shape index (κ1) is 19.5. The fourth-order valence-electron chi connectivity index (χ4n) is 5.25. The van der Waals surface area contributed by atoms with Gasteiger partial charge in [-0.3, -0.25) is 9.59 Å². The topological polar surface area (TPSA) is 37.4 Å². The van der Waals surface area contributed by atoms with E-state index in [2.05, 4.69) is 13.8 Å². The number of benzene rings is 2. The molecule has 2 aliphatic rings. The summed E-state index contributed by atoms with van der Waals surface area (Å²) >= 11 is 12.8. The maximum Gasteiger partial charge on any atom is 0.253 e. The summed E-state index contributed by atoms with van der Waals surface area (Å²) in [6.45, 7) is 4.26. The Kier molecular flexibility index (Phi) is 5.01. The lowest BCUT2D eigenvalue weighted by Gasteiger charge is -2.46. The predicted octanol–water partition coefficient (Wildman–Crippen LogP) is 5.89. The standard InChI is InChI=1S/C23H23Cl2NO2/c1-14(2)10-16-12-18(27)13-20(15-6-5-7-17(24)11-15)23(16)19-8-3-4-9-21(19)26(25)22(23)28/h3-9,11,14,16,20H,10,12-13H2,1-2H3. The van der Waals surface area contributed by atoms with Gasteiger partial charge in [-0.25, -0.2) is 4.42 Å². The molecule has 1 aliphatic heterocycles. The third kappa shape index (κ3) is 2.87. The molecule has 1 spiro atoms. The fourth-order valence-corrected chi connectivity index (χ4v) is 5.73. The van der Waals surface area contributed by atoms with E-state index in [0.717, 1.165) is 23.2 Å². The highest BCUT2D eigenvalue weighted by atomic mass is 35.5. The second-order valence-electron chi connectivity index (χ2n) is 8.35. The molecule has 0 bridgehead atoms. The summed E-state index contributed by atoms with van der Waals surface area (Å²) in [5.41, 5.74) is 1.73. The number of hydrogen-bond donors (Lipinski definition) is 0. The van der Waals surface area contributed by atoms with Gasteiger partial charge in [-0.05, 0) is 47.6 Å². The Balaban J connectivity index is 1.99. The third-order valence-electron chi connectivity index (χ3n) is 6.20. The van der Waals surface area contributed by atoms with E-state index in [1.165, 1.54) is 4.42 Å². The van der Waals surface area contributed by atoms with Crippen LogP contribution in [0.15, 0.2) is 48.5 Å². The first-order chi connectivity index (χ1) is 13.4. The van der Waals surface area contributed by atoms with Crippen LogP contribution in [0.25, 0.3) is 0 Å². The Morgan fingerprint density at radius 2 is 1.86 bits per heavy atom. The van der Waals surface area contributed by atoms with Crippen molar-refractivity contribution in [2.45, 2.75) is 44.4 Å². The van der Waals surface area contributed by atoms with E-state index < -0.39 is 5.41 Å². The zero-order valence-corrected chi connectivity index (χ0v) is 17.5. The van der Waals surface area contributed by atoms with Crippen molar-refractivity contribution in [2.75, 3.05) is 4.42 Å². The number of halogens is 2. The van der Waals surface area contributed by atoms with Gasteiger partial charge in [-0.1, -0.05) is 55.8 Å². The summed E-state index contributed by atoms with van der Waals surface area (Å²) in [5.74, 6) is 0.0406. The number of para-hydroxylation sites is 1. The summed E-state index contributed by atoms with van der Waals surface area (Å²) < 4.78 is 1.26. The number of rotatable bonds is 3. The monoisotopic (exact) mass is 415 g/mol. The van der Waals surface area contributed by atoms with E-state index in [-0.39, 0.29) is 23.5 Å². The van der Waals surface area contributed by atoms with Crippen LogP contribution in [0.2, 0.25) is 5.02 Å². The quantitative estimate of drug-likeness (QED) is 0.586. The second kappa shape index (κ2) is 7.20. The number of amides is 1. The van der Waals surface area contributed by atoms with Crippen molar-refractivity contribution in [1.29, 1.82) is 0 Å². The zero-order valence-electron chi connectivity index (χ0n) is 16.0. The van der Waals surface area contributed by atoms with E-state index in [4.69, 9.17) is 23.4 Å². The number of fused-ring (bicyclic) bond motifs is 2. The van der Waals surface area contributed by atoms with Crippen LogP contribution in [0, 0.1) is 11.8 Å². The minimum absolute atomic E-state index is 0.102. The van der Waals surface area contributed by atoms with Crippen LogP contribution < -0.4 is 4.42 Å². The molecule has 3 unspecified atom stereocenters. The summed E-state index contributed by atoms with van der Waals surface area (Å²) in [6, 6.07) is 15.3. The van der Waals surface area contributed by atoms with Crippen molar-refractivity contribution in [3.8, 4) is 0 Å². The Morgan fingerprint density at radius 1 is 1.11 bits per heavy atom. The van der Waals surface area contributed by atoms with E-state index in [1.807, 2.05) is 48.5 Å².